The summed E-state index contributed by atoms with van der Waals surface area (Å²) in [6.07, 6.45) is 9.41. The van der Waals surface area contributed by atoms with Gasteiger partial charge >= 0.3 is 18.2 Å². The molecule has 5 aromatic rings. The van der Waals surface area contributed by atoms with E-state index in [0.29, 0.717) is 92.3 Å². The Labute approximate surface area is 439 Å². The number of carbonyl (C=O) groups is 8. The van der Waals surface area contributed by atoms with Gasteiger partial charge in [-0.1, -0.05) is 38.5 Å². The Hall–Kier alpha value is -8.89. The Morgan fingerprint density at radius 1 is 0.816 bits per heavy atom. The average Bonchev–Trinajstić information content (AvgIpc) is 3.97. The monoisotopic (exact) mass is 1040 g/mol. The first-order valence-corrected chi connectivity index (χ1v) is 25.3. The minimum atomic E-state index is -1.05. The predicted octanol–water partition coefficient (Wildman–Crippen LogP) is 4.79. The maximum Gasteiger partial charge on any atom is 0.410 e. The molecule has 400 valence electrons. The lowest BCUT2D eigenvalue weighted by Gasteiger charge is -2.35. The average molecular weight is 1040 g/mol. The van der Waals surface area contributed by atoms with Crippen molar-refractivity contribution in [2.75, 3.05) is 61.3 Å². The minimum absolute atomic E-state index is 0.0178. The van der Waals surface area contributed by atoms with Gasteiger partial charge in [0.15, 0.2) is 0 Å². The molecular weight excluding hydrogens is 977 g/mol. The fourth-order valence-electron chi connectivity index (χ4n) is 8.64. The molecule has 0 unspecified atom stereocenters. The van der Waals surface area contributed by atoms with Crippen molar-refractivity contribution in [2.45, 2.75) is 78.0 Å². The molecule has 2 atom stereocenters. The van der Waals surface area contributed by atoms with E-state index in [4.69, 9.17) is 10.5 Å². The molecule has 2 aliphatic rings. The van der Waals surface area contributed by atoms with E-state index >= 15 is 0 Å². The summed E-state index contributed by atoms with van der Waals surface area (Å²) < 4.78 is 5.69. The zero-order valence-corrected chi connectivity index (χ0v) is 42.7. The van der Waals surface area contributed by atoms with Crippen LogP contribution in [0, 0.1) is 5.92 Å². The van der Waals surface area contributed by atoms with Gasteiger partial charge in [-0.15, -0.1) is 0 Å². The van der Waals surface area contributed by atoms with E-state index in [1.54, 1.807) is 61.6 Å². The molecule has 1 saturated heterocycles. The summed E-state index contributed by atoms with van der Waals surface area (Å²) in [6.45, 7) is 8.12. The van der Waals surface area contributed by atoms with Crippen LogP contribution in [0.1, 0.15) is 64.9 Å². The number of urea groups is 2. The summed E-state index contributed by atoms with van der Waals surface area (Å²) >= 11 is 0. The number of aromatic nitrogens is 4. The molecule has 0 bridgehead atoms. The third-order valence-corrected chi connectivity index (χ3v) is 12.7. The van der Waals surface area contributed by atoms with Crippen molar-refractivity contribution in [2.24, 2.45) is 11.7 Å². The van der Waals surface area contributed by atoms with Crippen molar-refractivity contribution < 1.29 is 43.1 Å². The first-order valence-electron chi connectivity index (χ1n) is 25.3. The van der Waals surface area contributed by atoms with Crippen molar-refractivity contribution in [3.63, 3.8) is 0 Å². The number of nitrogens with zero attached hydrogens (tertiary/aromatic N) is 6. The molecule has 1 fully saturated rings. The number of H-pyrrole nitrogens is 1. The molecule has 10 amide bonds. The van der Waals surface area contributed by atoms with Crippen molar-refractivity contribution >= 4 is 76.0 Å². The van der Waals surface area contributed by atoms with Crippen LogP contribution in [-0.2, 0) is 35.3 Å². The number of imidazole rings is 1. The van der Waals surface area contributed by atoms with E-state index in [1.807, 2.05) is 43.3 Å². The number of hydrogen-bond donors (Lipinski definition) is 8. The SMILES string of the molecule is CCNC(=O)Nc1nc2c(-c3ccccn3)cc(-c3cncc(N4CCN(C(=O)OCc5ccc(NC(=O)[C@H](CCCNC(N)=O)NC(=O)[C@@H](NC(=O)CCCCCN6C(=O)C=CC6=O)C(C)C)cc5)CC4)c3)cc2[nH]1. The third-order valence-electron chi connectivity index (χ3n) is 12.7. The van der Waals surface area contributed by atoms with Crippen LogP contribution in [0.5, 0.6) is 0 Å². The molecule has 0 spiro atoms. The quantitative estimate of drug-likeness (QED) is 0.0323. The van der Waals surface area contributed by atoms with Crippen LogP contribution >= 0.6 is 0 Å². The second kappa shape index (κ2) is 26.4. The topological polar surface area (TPSA) is 308 Å². The predicted molar refractivity (Wildman–Crippen MR) is 284 cm³/mol. The van der Waals surface area contributed by atoms with Gasteiger partial charge in [0.25, 0.3) is 11.8 Å². The molecule has 0 radical (unpaired) electrons. The van der Waals surface area contributed by atoms with Crippen molar-refractivity contribution in [3.8, 4) is 22.4 Å². The fraction of sp³-hybridized carbons (Fsp3) is 0.377. The number of amides is 10. The Morgan fingerprint density at radius 3 is 2.28 bits per heavy atom. The first kappa shape index (κ1) is 54.9. The number of primary amides is 1. The highest BCUT2D eigenvalue weighted by atomic mass is 16.6. The number of anilines is 3. The molecule has 2 aliphatic heterocycles. The molecular formula is C53H64N14O9. The first-order chi connectivity index (χ1) is 36.6. The minimum Gasteiger partial charge on any atom is -0.445 e. The lowest BCUT2D eigenvalue weighted by atomic mass is 10.0. The van der Waals surface area contributed by atoms with Crippen molar-refractivity contribution in [1.29, 1.82) is 0 Å². The second-order valence-electron chi connectivity index (χ2n) is 18.6. The van der Waals surface area contributed by atoms with Crippen LogP contribution in [-0.4, -0.2) is 135 Å². The van der Waals surface area contributed by atoms with Crippen LogP contribution in [0.3, 0.4) is 0 Å². The number of piperazine rings is 1. The number of imide groups is 1. The summed E-state index contributed by atoms with van der Waals surface area (Å²) in [5.41, 5.74) is 11.8. The summed E-state index contributed by atoms with van der Waals surface area (Å²) in [5, 5.41) is 16.3. The van der Waals surface area contributed by atoms with E-state index in [9.17, 15) is 38.4 Å². The highest BCUT2D eigenvalue weighted by Crippen LogP contribution is 2.34. The Morgan fingerprint density at radius 2 is 1.58 bits per heavy atom. The summed E-state index contributed by atoms with van der Waals surface area (Å²) in [4.78, 5) is 123. The number of aromatic amines is 1. The van der Waals surface area contributed by atoms with E-state index < -0.39 is 36.0 Å². The Kier molecular flexibility index (Phi) is 19.0. The van der Waals surface area contributed by atoms with Crippen LogP contribution < -0.4 is 42.5 Å². The van der Waals surface area contributed by atoms with Gasteiger partial charge in [-0.3, -0.25) is 44.2 Å². The summed E-state index contributed by atoms with van der Waals surface area (Å²) in [5.74, 6) is -2.19. The van der Waals surface area contributed by atoms with E-state index in [0.717, 1.165) is 27.3 Å². The lowest BCUT2D eigenvalue weighted by Crippen LogP contribution is -2.54. The number of rotatable bonds is 23. The van der Waals surface area contributed by atoms with Crippen LogP contribution in [0.4, 0.5) is 31.7 Å². The smallest absolute Gasteiger partial charge is 0.410 e. The molecule has 0 saturated carbocycles. The number of carbonyl (C=O) groups excluding carboxylic acids is 8. The molecule has 9 N–H and O–H groups in total. The van der Waals surface area contributed by atoms with Crippen LogP contribution in [0.25, 0.3) is 33.4 Å². The van der Waals surface area contributed by atoms with Gasteiger partial charge in [0, 0.05) is 93.6 Å². The molecule has 23 nitrogen and oxygen atoms in total. The highest BCUT2D eigenvalue weighted by molar-refractivity contribution is 6.12. The molecule has 7 rings (SSSR count). The number of nitrogens with two attached hydrogens (primary N) is 1. The van der Waals surface area contributed by atoms with Crippen molar-refractivity contribution in [3.05, 3.63) is 97.0 Å². The molecule has 2 aromatic carbocycles. The van der Waals surface area contributed by atoms with Crippen molar-refractivity contribution in [1.82, 2.24) is 51.0 Å². The number of fused-ring (bicyclic) bond motifs is 1. The van der Waals surface area contributed by atoms with Gasteiger partial charge in [-0.25, -0.2) is 19.4 Å². The number of hydrogen-bond acceptors (Lipinski definition) is 13. The number of nitrogens with one attached hydrogen (secondary N) is 7. The molecule has 76 heavy (non-hydrogen) atoms. The molecule has 5 heterocycles. The van der Waals surface area contributed by atoms with Gasteiger partial charge < -0.3 is 51.8 Å². The normalized spacial score (nSPS) is 14.1. The standard InChI is InChI=1S/C53H64N14O9/c1-4-56-52(74)64-51-61-42-29-35(28-39(47(42)63-51)40-11-7-8-20-57-40)36-27-38(31-55-30-36)65-23-25-66(26-24-65)53(75)76-32-34-14-16-37(17-15-34)59-48(71)41(12-10-21-58-50(54)73)60-49(72)46(33(2)3)62-43(68)13-6-5-9-22-67-44(69)18-19-45(67)70/h7-8,11,14-20,27-31,33,41,46H,4-6,9-10,12-13,21-26,32H2,1-3H3,(H,59,71)(H,60,72)(H,62,68)(H3,54,58,73)(H3,56,61,63,64,74)/t41-,46-/m0/s1. The molecule has 23 heteroatoms. The van der Waals surface area contributed by atoms with E-state index in [-0.39, 0.29) is 62.2 Å². The summed E-state index contributed by atoms with van der Waals surface area (Å²) in [6, 6.07) is 15.3. The zero-order chi connectivity index (χ0) is 54.1. The Balaban J connectivity index is 0.892. The number of pyridine rings is 2. The lowest BCUT2D eigenvalue weighted by molar-refractivity contribution is -0.137. The van der Waals surface area contributed by atoms with E-state index in [1.165, 1.54) is 12.2 Å². The van der Waals surface area contributed by atoms with E-state index in [2.05, 4.69) is 56.7 Å². The summed E-state index contributed by atoms with van der Waals surface area (Å²) in [7, 11) is 0. The second-order valence-corrected chi connectivity index (χ2v) is 18.6. The Bertz CT molecular complexity index is 2900. The van der Waals surface area contributed by atoms with Crippen LogP contribution in [0.15, 0.2) is 91.4 Å². The van der Waals surface area contributed by atoms with Gasteiger partial charge in [-0.2, -0.15) is 0 Å². The van der Waals surface area contributed by atoms with Gasteiger partial charge in [0.1, 0.15) is 18.7 Å². The zero-order valence-electron chi connectivity index (χ0n) is 42.7. The van der Waals surface area contributed by atoms with Gasteiger partial charge in [0.05, 0.1) is 28.6 Å². The van der Waals surface area contributed by atoms with Gasteiger partial charge in [0.2, 0.25) is 23.7 Å². The number of benzene rings is 2. The largest absolute Gasteiger partial charge is 0.445 e. The molecule has 3 aromatic heterocycles. The maximum atomic E-state index is 13.7. The maximum absolute atomic E-state index is 13.7. The third kappa shape index (κ3) is 15.1. The molecule has 0 aliphatic carbocycles. The highest BCUT2D eigenvalue weighted by Gasteiger charge is 2.30. The fourth-order valence-corrected chi connectivity index (χ4v) is 8.64. The van der Waals surface area contributed by atoms with Crippen LogP contribution in [0.2, 0.25) is 0 Å². The van der Waals surface area contributed by atoms with Gasteiger partial charge in [-0.05, 0) is 92.1 Å². The number of ether oxygens (including phenoxy) is 1. The number of unbranched alkanes of at least 4 members (excludes halogenated alkanes) is 2.